The van der Waals surface area contributed by atoms with Gasteiger partial charge in [-0.15, -0.1) is 0 Å². The Morgan fingerprint density at radius 1 is 1.00 bits per heavy atom. The molecule has 74 valence electrons. The Morgan fingerprint density at radius 3 is 1.42 bits per heavy atom. The molecular formula is C3H9Cl3N2O2P2. The largest absolute Gasteiger partial charge is 0.329 e. The summed E-state index contributed by atoms with van der Waals surface area (Å²) in [6, 6.07) is 0. The van der Waals surface area contributed by atoms with Crippen molar-refractivity contribution in [2.75, 3.05) is 21.1 Å². The van der Waals surface area contributed by atoms with E-state index in [4.69, 9.17) is 33.7 Å². The molecular weight excluding hydrogens is 264 g/mol. The lowest BCUT2D eigenvalue weighted by atomic mass is 11.3. The van der Waals surface area contributed by atoms with Crippen molar-refractivity contribution in [3.8, 4) is 0 Å². The van der Waals surface area contributed by atoms with Gasteiger partial charge >= 0.3 is 12.8 Å². The molecule has 0 aromatic heterocycles. The van der Waals surface area contributed by atoms with Crippen LogP contribution in [0.2, 0.25) is 0 Å². The Kier molecular flexibility index (Phi) is 4.62. The zero-order chi connectivity index (χ0) is 10.2. The Labute approximate surface area is 86.0 Å². The third-order valence-electron chi connectivity index (χ3n) is 1.19. The standard InChI is InChI=1S/C3H9Cl3N2O2P2/c1-7(2)12(6,10)8(3)11(4,5)9/h1-3H3. The van der Waals surface area contributed by atoms with Crippen LogP contribution in [0.15, 0.2) is 0 Å². The van der Waals surface area contributed by atoms with Crippen molar-refractivity contribution < 1.29 is 9.13 Å². The van der Waals surface area contributed by atoms with Crippen LogP contribution in [0.3, 0.4) is 0 Å². The average Bonchev–Trinajstić information content (AvgIpc) is 1.83. The third-order valence-corrected chi connectivity index (χ3v) is 8.94. The lowest BCUT2D eigenvalue weighted by molar-refractivity contribution is 0.489. The molecule has 0 aliphatic rings. The molecule has 4 nitrogen and oxygen atoms in total. The molecule has 1 atom stereocenters. The summed E-state index contributed by atoms with van der Waals surface area (Å²) in [6.45, 7) is -3.37. The van der Waals surface area contributed by atoms with Crippen LogP contribution in [0, 0.1) is 0 Å². The van der Waals surface area contributed by atoms with Crippen molar-refractivity contribution in [3.05, 3.63) is 0 Å². The monoisotopic (exact) mass is 272 g/mol. The van der Waals surface area contributed by atoms with Crippen molar-refractivity contribution in [2.45, 2.75) is 0 Å². The summed E-state index contributed by atoms with van der Waals surface area (Å²) in [4.78, 5) is 0. The van der Waals surface area contributed by atoms with E-state index in [1.807, 2.05) is 0 Å². The van der Waals surface area contributed by atoms with Gasteiger partial charge in [-0.1, -0.05) is 0 Å². The zero-order valence-corrected chi connectivity index (χ0v) is 10.8. The van der Waals surface area contributed by atoms with Gasteiger partial charge < -0.3 is 0 Å². The van der Waals surface area contributed by atoms with Crippen molar-refractivity contribution in [1.82, 2.24) is 9.11 Å². The maximum atomic E-state index is 11.5. The maximum absolute atomic E-state index is 11.5. The molecule has 9 heteroatoms. The topological polar surface area (TPSA) is 40.6 Å². The van der Waals surface area contributed by atoms with E-state index in [0.29, 0.717) is 0 Å². The van der Waals surface area contributed by atoms with Crippen molar-refractivity contribution in [2.24, 2.45) is 0 Å². The third kappa shape index (κ3) is 3.19. The van der Waals surface area contributed by atoms with E-state index < -0.39 is 12.8 Å². The molecule has 0 aromatic carbocycles. The van der Waals surface area contributed by atoms with Crippen molar-refractivity contribution in [3.63, 3.8) is 0 Å². The molecule has 0 N–H and O–H groups in total. The van der Waals surface area contributed by atoms with E-state index in [0.717, 1.165) is 4.44 Å². The fourth-order valence-corrected chi connectivity index (χ4v) is 5.54. The first-order valence-electron chi connectivity index (χ1n) is 2.81. The van der Waals surface area contributed by atoms with E-state index in [-0.39, 0.29) is 0 Å². The summed E-state index contributed by atoms with van der Waals surface area (Å²) in [7, 11) is 4.20. The fourth-order valence-electron chi connectivity index (χ4n) is 0.387. The minimum Gasteiger partial charge on any atom is -0.270 e. The van der Waals surface area contributed by atoms with Crippen LogP contribution in [-0.4, -0.2) is 30.3 Å². The highest BCUT2D eigenvalue weighted by atomic mass is 35.9. The molecule has 0 spiro atoms. The summed E-state index contributed by atoms with van der Waals surface area (Å²) in [5, 5.41) is 0. The van der Waals surface area contributed by atoms with Crippen LogP contribution in [-0.2, 0) is 9.13 Å². The van der Waals surface area contributed by atoms with Gasteiger partial charge in [-0.25, -0.2) is 4.67 Å². The predicted molar refractivity (Wildman–Crippen MR) is 54.2 cm³/mol. The molecule has 12 heavy (non-hydrogen) atoms. The first-order chi connectivity index (χ1) is 5.10. The molecule has 0 amide bonds. The van der Waals surface area contributed by atoms with Gasteiger partial charge in [0, 0.05) is 7.05 Å². The first kappa shape index (κ1) is 13.2. The van der Waals surface area contributed by atoms with E-state index in [2.05, 4.69) is 0 Å². The van der Waals surface area contributed by atoms with Crippen molar-refractivity contribution in [1.29, 1.82) is 0 Å². The molecule has 0 aliphatic heterocycles. The molecule has 0 rings (SSSR count). The Morgan fingerprint density at radius 2 is 1.33 bits per heavy atom. The van der Waals surface area contributed by atoms with Crippen LogP contribution in [0.4, 0.5) is 0 Å². The van der Waals surface area contributed by atoms with E-state index in [1.165, 1.54) is 25.8 Å². The smallest absolute Gasteiger partial charge is 0.270 e. The van der Waals surface area contributed by atoms with Gasteiger partial charge in [0.15, 0.2) is 0 Å². The first-order valence-corrected chi connectivity index (χ1v) is 8.80. The normalized spacial score (nSPS) is 18.3. The molecule has 0 bridgehead atoms. The van der Waals surface area contributed by atoms with Gasteiger partial charge in [0.2, 0.25) is 0 Å². The van der Waals surface area contributed by atoms with E-state index in [9.17, 15) is 9.13 Å². The molecule has 0 saturated heterocycles. The number of hydrogen-bond donors (Lipinski definition) is 0. The van der Waals surface area contributed by atoms with Crippen LogP contribution >= 0.6 is 46.5 Å². The zero-order valence-electron chi connectivity index (χ0n) is 6.74. The molecule has 0 radical (unpaired) electrons. The number of rotatable bonds is 3. The quantitative estimate of drug-likeness (QED) is 0.739. The number of hydrogen-bond acceptors (Lipinski definition) is 2. The Hall–Kier alpha value is 1.25. The summed E-state index contributed by atoms with van der Waals surface area (Å²) < 4.78 is 24.6. The van der Waals surface area contributed by atoms with E-state index >= 15 is 0 Å². The summed E-state index contributed by atoms with van der Waals surface area (Å²) in [6.07, 6.45) is 0. The SMILES string of the molecule is CN(C)P(=O)(Cl)N(C)P(=O)(Cl)Cl. The fraction of sp³-hybridized carbons (Fsp3) is 1.00. The second-order valence-electron chi connectivity index (χ2n) is 2.24. The lowest BCUT2D eigenvalue weighted by Gasteiger charge is -2.27. The van der Waals surface area contributed by atoms with Gasteiger partial charge in [0.1, 0.15) is 0 Å². The van der Waals surface area contributed by atoms with Gasteiger partial charge in [-0.2, -0.15) is 4.44 Å². The molecule has 0 aliphatic carbocycles. The van der Waals surface area contributed by atoms with Crippen LogP contribution in [0.25, 0.3) is 0 Å². The minimum absolute atomic E-state index is 0.782. The number of halogens is 3. The summed E-state index contributed by atoms with van der Waals surface area (Å²) >= 11 is 16.1. The van der Waals surface area contributed by atoms with Gasteiger partial charge in [-0.3, -0.25) is 9.13 Å². The van der Waals surface area contributed by atoms with Gasteiger partial charge in [0.25, 0.3) is 0 Å². The highest BCUT2D eigenvalue weighted by Crippen LogP contribution is 2.73. The number of nitrogens with zero attached hydrogens (tertiary/aromatic N) is 2. The second-order valence-corrected chi connectivity index (χ2v) is 11.0. The Bertz CT molecular complexity index is 252. The lowest BCUT2D eigenvalue weighted by Crippen LogP contribution is -2.15. The minimum atomic E-state index is -3.59. The Balaban J connectivity index is 4.83. The van der Waals surface area contributed by atoms with E-state index in [1.54, 1.807) is 0 Å². The summed E-state index contributed by atoms with van der Waals surface area (Å²) in [5.41, 5.74) is 0. The molecule has 0 saturated carbocycles. The van der Waals surface area contributed by atoms with Crippen LogP contribution in [0.5, 0.6) is 0 Å². The summed E-state index contributed by atoms with van der Waals surface area (Å²) in [5.74, 6) is -3.59. The molecule has 0 aromatic rings. The van der Waals surface area contributed by atoms with Gasteiger partial charge in [0.05, 0.1) is 0 Å². The molecule has 1 unspecified atom stereocenters. The van der Waals surface area contributed by atoms with Gasteiger partial charge in [-0.05, 0) is 47.8 Å². The highest BCUT2D eigenvalue weighted by molar-refractivity contribution is 8.12. The second kappa shape index (κ2) is 4.18. The van der Waals surface area contributed by atoms with Crippen molar-refractivity contribution >= 4 is 46.5 Å². The van der Waals surface area contributed by atoms with Crippen LogP contribution < -0.4 is 0 Å². The van der Waals surface area contributed by atoms with Crippen LogP contribution in [0.1, 0.15) is 0 Å². The highest BCUT2D eigenvalue weighted by Gasteiger charge is 2.38. The predicted octanol–water partition coefficient (Wildman–Crippen LogP) is 3.41. The average molecular weight is 273 g/mol. The molecule has 0 heterocycles. The maximum Gasteiger partial charge on any atom is 0.329 e. The molecule has 0 fully saturated rings.